The van der Waals surface area contributed by atoms with Crippen molar-refractivity contribution in [1.82, 2.24) is 5.32 Å². The van der Waals surface area contributed by atoms with Gasteiger partial charge in [-0.05, 0) is 37.0 Å². The predicted octanol–water partition coefficient (Wildman–Crippen LogP) is 2.28. The smallest absolute Gasteiger partial charge is 0.251 e. The lowest BCUT2D eigenvalue weighted by molar-refractivity contribution is -0.139. The van der Waals surface area contributed by atoms with Gasteiger partial charge in [0.05, 0.1) is 0 Å². The Morgan fingerprint density at radius 3 is 2.87 bits per heavy atom. The van der Waals surface area contributed by atoms with Crippen molar-refractivity contribution in [2.75, 3.05) is 17.6 Å². The lowest BCUT2D eigenvalue weighted by atomic mass is 10.0. The number of carbonyl (C=O) groups is 1. The normalized spacial score (nSPS) is 25.5. The van der Waals surface area contributed by atoms with Crippen LogP contribution in [0.25, 0.3) is 0 Å². The van der Waals surface area contributed by atoms with E-state index in [1.54, 1.807) is 0 Å². The van der Waals surface area contributed by atoms with Crippen LogP contribution in [0.4, 0.5) is 0 Å². The van der Waals surface area contributed by atoms with Crippen molar-refractivity contribution < 1.29 is 9.53 Å². The van der Waals surface area contributed by atoms with Crippen LogP contribution in [0, 0.1) is 0 Å². The third-order valence-electron chi connectivity index (χ3n) is 2.80. The highest BCUT2D eigenvalue weighted by Crippen LogP contribution is 2.24. The molecule has 4 heteroatoms. The van der Waals surface area contributed by atoms with E-state index in [-0.39, 0.29) is 5.91 Å². The zero-order valence-electron chi connectivity index (χ0n) is 9.35. The van der Waals surface area contributed by atoms with Gasteiger partial charge in [0.15, 0.2) is 0 Å². The van der Waals surface area contributed by atoms with E-state index in [0.717, 1.165) is 32.4 Å². The van der Waals surface area contributed by atoms with E-state index >= 15 is 0 Å². The molecule has 0 radical (unpaired) electrons. The highest BCUT2D eigenvalue weighted by molar-refractivity contribution is 14.1. The molecule has 0 saturated carbocycles. The fourth-order valence-electron chi connectivity index (χ4n) is 1.74. The standard InChI is InChI=1S/C11H20INO2/c1-11(6-5-9-15-11)10(14)13-8-4-2-3-7-12/h2-9H2,1H3,(H,13,14). The molecule has 88 valence electrons. The molecule has 1 heterocycles. The van der Waals surface area contributed by atoms with Crippen LogP contribution in [0.1, 0.15) is 39.0 Å². The molecule has 0 aromatic heterocycles. The molecular weight excluding hydrogens is 305 g/mol. The minimum atomic E-state index is -0.552. The van der Waals surface area contributed by atoms with Gasteiger partial charge in [-0.15, -0.1) is 0 Å². The lowest BCUT2D eigenvalue weighted by Crippen LogP contribution is -2.44. The topological polar surface area (TPSA) is 38.3 Å². The first-order valence-corrected chi connectivity index (χ1v) is 7.20. The van der Waals surface area contributed by atoms with E-state index in [9.17, 15) is 4.79 Å². The van der Waals surface area contributed by atoms with Crippen LogP contribution in [0.5, 0.6) is 0 Å². The number of rotatable bonds is 6. The van der Waals surface area contributed by atoms with Crippen LogP contribution in [0.2, 0.25) is 0 Å². The number of halogens is 1. The number of hydrogen-bond donors (Lipinski definition) is 1. The van der Waals surface area contributed by atoms with Gasteiger partial charge in [0.2, 0.25) is 0 Å². The molecule has 1 saturated heterocycles. The number of hydrogen-bond acceptors (Lipinski definition) is 2. The molecule has 1 atom stereocenters. The second kappa shape index (κ2) is 6.68. The molecule has 1 amide bonds. The Bertz CT molecular complexity index is 203. The molecule has 0 bridgehead atoms. The summed E-state index contributed by atoms with van der Waals surface area (Å²) in [7, 11) is 0. The fourth-order valence-corrected chi connectivity index (χ4v) is 2.28. The third-order valence-corrected chi connectivity index (χ3v) is 3.56. The maximum Gasteiger partial charge on any atom is 0.251 e. The Balaban J connectivity index is 2.12. The minimum absolute atomic E-state index is 0.0643. The molecule has 0 aromatic carbocycles. The highest BCUT2D eigenvalue weighted by atomic mass is 127. The summed E-state index contributed by atoms with van der Waals surface area (Å²) in [5.41, 5.74) is -0.552. The summed E-state index contributed by atoms with van der Waals surface area (Å²) < 4.78 is 6.67. The zero-order valence-corrected chi connectivity index (χ0v) is 11.5. The second-order valence-electron chi connectivity index (χ2n) is 4.19. The minimum Gasteiger partial charge on any atom is -0.365 e. The SMILES string of the molecule is CC1(C(=O)NCCCCCI)CCCO1. The van der Waals surface area contributed by atoms with E-state index < -0.39 is 5.60 Å². The van der Waals surface area contributed by atoms with Gasteiger partial charge in [0.25, 0.3) is 5.91 Å². The average molecular weight is 325 g/mol. The molecule has 1 rings (SSSR count). The summed E-state index contributed by atoms with van der Waals surface area (Å²) in [6.45, 7) is 3.40. The van der Waals surface area contributed by atoms with Gasteiger partial charge in [-0.3, -0.25) is 4.79 Å². The lowest BCUT2D eigenvalue weighted by Gasteiger charge is -2.21. The Morgan fingerprint density at radius 1 is 1.47 bits per heavy atom. The first kappa shape index (κ1) is 13.2. The monoisotopic (exact) mass is 325 g/mol. The van der Waals surface area contributed by atoms with Crippen molar-refractivity contribution in [2.45, 2.75) is 44.6 Å². The van der Waals surface area contributed by atoms with Crippen LogP contribution in [-0.2, 0) is 9.53 Å². The predicted molar refractivity (Wildman–Crippen MR) is 69.3 cm³/mol. The molecule has 15 heavy (non-hydrogen) atoms. The van der Waals surface area contributed by atoms with E-state index in [1.807, 2.05) is 6.92 Å². The van der Waals surface area contributed by atoms with Gasteiger partial charge in [-0.2, -0.15) is 0 Å². The molecular formula is C11H20INO2. The van der Waals surface area contributed by atoms with Gasteiger partial charge in [-0.1, -0.05) is 29.0 Å². The van der Waals surface area contributed by atoms with Gasteiger partial charge < -0.3 is 10.1 Å². The molecule has 0 spiro atoms. The Morgan fingerprint density at radius 2 is 2.27 bits per heavy atom. The Kier molecular flexibility index (Phi) is 5.89. The number of unbranched alkanes of at least 4 members (excludes halogenated alkanes) is 2. The molecule has 3 nitrogen and oxygen atoms in total. The van der Waals surface area contributed by atoms with Crippen molar-refractivity contribution in [1.29, 1.82) is 0 Å². The largest absolute Gasteiger partial charge is 0.365 e. The van der Waals surface area contributed by atoms with Crippen LogP contribution < -0.4 is 5.32 Å². The maximum atomic E-state index is 11.8. The van der Waals surface area contributed by atoms with Crippen molar-refractivity contribution >= 4 is 28.5 Å². The number of amides is 1. The van der Waals surface area contributed by atoms with Crippen molar-refractivity contribution in [3.8, 4) is 0 Å². The van der Waals surface area contributed by atoms with Crippen LogP contribution in [0.3, 0.4) is 0 Å². The van der Waals surface area contributed by atoms with Crippen LogP contribution in [0.15, 0.2) is 0 Å². The van der Waals surface area contributed by atoms with E-state index in [4.69, 9.17) is 4.74 Å². The highest BCUT2D eigenvalue weighted by Gasteiger charge is 2.37. The molecule has 1 aliphatic rings. The summed E-state index contributed by atoms with van der Waals surface area (Å²) in [5, 5.41) is 2.96. The average Bonchev–Trinajstić information content (AvgIpc) is 2.66. The summed E-state index contributed by atoms with van der Waals surface area (Å²) in [6, 6.07) is 0. The second-order valence-corrected chi connectivity index (χ2v) is 5.27. The quantitative estimate of drug-likeness (QED) is 0.462. The molecule has 1 fully saturated rings. The first-order chi connectivity index (χ1) is 7.19. The zero-order chi connectivity index (χ0) is 11.1. The Hall–Kier alpha value is 0.160. The number of nitrogens with one attached hydrogen (secondary N) is 1. The fraction of sp³-hybridized carbons (Fsp3) is 0.909. The van der Waals surface area contributed by atoms with Crippen LogP contribution >= 0.6 is 22.6 Å². The van der Waals surface area contributed by atoms with Gasteiger partial charge >= 0.3 is 0 Å². The number of alkyl halides is 1. The molecule has 1 unspecified atom stereocenters. The Labute approximate surface area is 105 Å². The molecule has 1 N–H and O–H groups in total. The summed E-state index contributed by atoms with van der Waals surface area (Å²) in [6.07, 6.45) is 5.36. The van der Waals surface area contributed by atoms with E-state index in [1.165, 1.54) is 17.3 Å². The van der Waals surface area contributed by atoms with Crippen molar-refractivity contribution in [2.24, 2.45) is 0 Å². The third kappa shape index (κ3) is 4.26. The van der Waals surface area contributed by atoms with E-state index in [0.29, 0.717) is 0 Å². The van der Waals surface area contributed by atoms with Crippen LogP contribution in [-0.4, -0.2) is 29.1 Å². The first-order valence-electron chi connectivity index (χ1n) is 5.67. The molecule has 1 aliphatic heterocycles. The number of ether oxygens (including phenoxy) is 1. The molecule has 0 aromatic rings. The van der Waals surface area contributed by atoms with Crippen molar-refractivity contribution in [3.63, 3.8) is 0 Å². The van der Waals surface area contributed by atoms with Gasteiger partial charge in [-0.25, -0.2) is 0 Å². The summed E-state index contributed by atoms with van der Waals surface area (Å²) >= 11 is 2.38. The molecule has 0 aliphatic carbocycles. The summed E-state index contributed by atoms with van der Waals surface area (Å²) in [5.74, 6) is 0.0643. The van der Waals surface area contributed by atoms with E-state index in [2.05, 4.69) is 27.9 Å². The van der Waals surface area contributed by atoms with Crippen molar-refractivity contribution in [3.05, 3.63) is 0 Å². The maximum absolute atomic E-state index is 11.8. The van der Waals surface area contributed by atoms with Gasteiger partial charge in [0, 0.05) is 13.2 Å². The number of carbonyl (C=O) groups excluding carboxylic acids is 1. The summed E-state index contributed by atoms with van der Waals surface area (Å²) in [4.78, 5) is 11.8. The van der Waals surface area contributed by atoms with Gasteiger partial charge in [0.1, 0.15) is 5.60 Å².